The van der Waals surface area contributed by atoms with Crippen molar-refractivity contribution in [3.05, 3.63) is 17.7 Å². The third kappa shape index (κ3) is 3.05. The van der Waals surface area contributed by atoms with Crippen LogP contribution in [-0.2, 0) is 11.2 Å². The molecule has 0 saturated carbocycles. The van der Waals surface area contributed by atoms with Crippen LogP contribution in [0, 0.1) is 5.92 Å². The van der Waals surface area contributed by atoms with Gasteiger partial charge in [0.2, 0.25) is 0 Å². The molecule has 0 aromatic carbocycles. The standard InChI is InChI=1S/C15H24N4O2/c1-15(2,3)21-14(20)19-7-5-10(8-19)12-13-11(4-6-16-12)17-9-18-13/h9-10,12,16H,4-8H2,1-3H3,(H,17,18). The summed E-state index contributed by atoms with van der Waals surface area (Å²) in [5.41, 5.74) is 1.92. The van der Waals surface area contributed by atoms with Gasteiger partial charge in [-0.05, 0) is 33.1 Å². The van der Waals surface area contributed by atoms with Crippen LogP contribution in [0.2, 0.25) is 0 Å². The van der Waals surface area contributed by atoms with Gasteiger partial charge in [-0.25, -0.2) is 9.78 Å². The lowest BCUT2D eigenvalue weighted by molar-refractivity contribution is 0.0285. The van der Waals surface area contributed by atoms with Crippen LogP contribution in [0.1, 0.15) is 44.6 Å². The van der Waals surface area contributed by atoms with Gasteiger partial charge in [-0.2, -0.15) is 0 Å². The van der Waals surface area contributed by atoms with E-state index in [0.29, 0.717) is 5.92 Å². The molecule has 1 aromatic rings. The zero-order chi connectivity index (χ0) is 15.0. The van der Waals surface area contributed by atoms with E-state index in [4.69, 9.17) is 4.74 Å². The van der Waals surface area contributed by atoms with Crippen molar-refractivity contribution in [2.45, 2.75) is 45.3 Å². The fourth-order valence-electron chi connectivity index (χ4n) is 3.19. The SMILES string of the molecule is CC(C)(C)OC(=O)N1CCC(C2NCCc3[nH]cnc32)C1. The molecule has 3 rings (SSSR count). The van der Waals surface area contributed by atoms with Crippen LogP contribution in [-0.4, -0.2) is 46.2 Å². The number of imidazole rings is 1. The second-order valence-electron chi connectivity index (χ2n) is 6.92. The lowest BCUT2D eigenvalue weighted by atomic mass is 9.92. The maximum absolute atomic E-state index is 12.1. The molecule has 6 heteroatoms. The first kappa shape index (κ1) is 14.4. The Hall–Kier alpha value is -1.56. The first-order valence-corrected chi connectivity index (χ1v) is 7.67. The smallest absolute Gasteiger partial charge is 0.410 e. The largest absolute Gasteiger partial charge is 0.444 e. The number of hydrogen-bond acceptors (Lipinski definition) is 4. The van der Waals surface area contributed by atoms with E-state index in [1.54, 1.807) is 6.33 Å². The van der Waals surface area contributed by atoms with Gasteiger partial charge in [0.05, 0.1) is 18.1 Å². The highest BCUT2D eigenvalue weighted by molar-refractivity contribution is 5.68. The molecule has 0 bridgehead atoms. The van der Waals surface area contributed by atoms with Crippen LogP contribution in [0.25, 0.3) is 0 Å². The molecular formula is C15H24N4O2. The first-order chi connectivity index (χ1) is 9.94. The molecule has 6 nitrogen and oxygen atoms in total. The molecule has 1 amide bonds. The van der Waals surface area contributed by atoms with Crippen molar-refractivity contribution >= 4 is 6.09 Å². The number of nitrogens with zero attached hydrogens (tertiary/aromatic N) is 2. The number of hydrogen-bond donors (Lipinski definition) is 2. The average molecular weight is 292 g/mol. The summed E-state index contributed by atoms with van der Waals surface area (Å²) >= 11 is 0. The quantitative estimate of drug-likeness (QED) is 0.829. The number of rotatable bonds is 1. The van der Waals surface area contributed by atoms with Gasteiger partial charge in [-0.3, -0.25) is 0 Å². The van der Waals surface area contributed by atoms with Crippen molar-refractivity contribution in [2.24, 2.45) is 5.92 Å². The van der Waals surface area contributed by atoms with Crippen molar-refractivity contribution in [3.63, 3.8) is 0 Å². The number of carbonyl (C=O) groups excluding carboxylic acids is 1. The van der Waals surface area contributed by atoms with Crippen LogP contribution in [0.5, 0.6) is 0 Å². The monoisotopic (exact) mass is 292 g/mol. The van der Waals surface area contributed by atoms with E-state index >= 15 is 0 Å². The maximum atomic E-state index is 12.1. The van der Waals surface area contributed by atoms with Gasteiger partial charge in [0.15, 0.2) is 0 Å². The summed E-state index contributed by atoms with van der Waals surface area (Å²) in [6, 6.07) is 0.243. The number of fused-ring (bicyclic) bond motifs is 1. The van der Waals surface area contributed by atoms with E-state index in [-0.39, 0.29) is 12.1 Å². The topological polar surface area (TPSA) is 70.2 Å². The molecule has 2 unspecified atom stereocenters. The molecule has 0 radical (unpaired) electrons. The minimum atomic E-state index is -0.437. The molecule has 1 aromatic heterocycles. The number of aromatic amines is 1. The van der Waals surface area contributed by atoms with Crippen molar-refractivity contribution in [1.82, 2.24) is 20.2 Å². The Morgan fingerprint density at radius 3 is 3.05 bits per heavy atom. The molecule has 0 spiro atoms. The number of ether oxygens (including phenoxy) is 1. The number of amides is 1. The van der Waals surface area contributed by atoms with Gasteiger partial charge >= 0.3 is 6.09 Å². The molecule has 0 aliphatic carbocycles. The summed E-state index contributed by atoms with van der Waals surface area (Å²) in [5.74, 6) is 0.403. The third-order valence-corrected chi connectivity index (χ3v) is 4.13. The zero-order valence-corrected chi connectivity index (χ0v) is 13.0. The van der Waals surface area contributed by atoms with Crippen LogP contribution in [0.4, 0.5) is 4.79 Å². The Labute approximate surface area is 125 Å². The molecule has 1 fully saturated rings. The summed E-state index contributed by atoms with van der Waals surface area (Å²) in [7, 11) is 0. The highest BCUT2D eigenvalue weighted by Crippen LogP contribution is 2.33. The van der Waals surface area contributed by atoms with Crippen LogP contribution >= 0.6 is 0 Å². The van der Waals surface area contributed by atoms with Gasteiger partial charge in [0.1, 0.15) is 5.60 Å². The average Bonchev–Trinajstić information content (AvgIpc) is 3.05. The molecule has 2 atom stereocenters. The Kier molecular flexibility index (Phi) is 3.65. The molecule has 2 N–H and O–H groups in total. The van der Waals surface area contributed by atoms with E-state index in [9.17, 15) is 4.79 Å². The molecule has 2 aliphatic rings. The second kappa shape index (κ2) is 5.33. The van der Waals surface area contributed by atoms with Crippen molar-refractivity contribution in [1.29, 1.82) is 0 Å². The molecule has 1 saturated heterocycles. The fourth-order valence-corrected chi connectivity index (χ4v) is 3.19. The Balaban J connectivity index is 1.65. The summed E-state index contributed by atoms with van der Waals surface area (Å²) in [6.07, 6.45) is 3.55. The lowest BCUT2D eigenvalue weighted by Crippen LogP contribution is -2.38. The number of nitrogens with one attached hydrogen (secondary N) is 2. The predicted octanol–water partition coefficient (Wildman–Crippen LogP) is 1.85. The molecule has 3 heterocycles. The minimum absolute atomic E-state index is 0.205. The van der Waals surface area contributed by atoms with E-state index in [2.05, 4.69) is 15.3 Å². The molecular weight excluding hydrogens is 268 g/mol. The Morgan fingerprint density at radius 1 is 1.48 bits per heavy atom. The number of likely N-dealkylation sites (tertiary alicyclic amines) is 1. The van der Waals surface area contributed by atoms with Gasteiger partial charge < -0.3 is 19.9 Å². The van der Waals surface area contributed by atoms with Gasteiger partial charge in [-0.15, -0.1) is 0 Å². The normalized spacial score (nSPS) is 25.8. The Bertz CT molecular complexity index is 520. The first-order valence-electron chi connectivity index (χ1n) is 7.67. The molecule has 116 valence electrons. The van der Waals surface area contributed by atoms with Crippen LogP contribution in [0.3, 0.4) is 0 Å². The zero-order valence-electron chi connectivity index (χ0n) is 13.0. The summed E-state index contributed by atoms with van der Waals surface area (Å²) < 4.78 is 5.46. The van der Waals surface area contributed by atoms with Gasteiger partial charge in [-0.1, -0.05) is 0 Å². The molecule has 21 heavy (non-hydrogen) atoms. The Morgan fingerprint density at radius 2 is 2.29 bits per heavy atom. The summed E-state index contributed by atoms with van der Waals surface area (Å²) in [6.45, 7) is 8.16. The fraction of sp³-hybridized carbons (Fsp3) is 0.733. The number of carbonyl (C=O) groups is 1. The summed E-state index contributed by atoms with van der Waals surface area (Å²) in [4.78, 5) is 21.6. The molecule has 2 aliphatic heterocycles. The summed E-state index contributed by atoms with van der Waals surface area (Å²) in [5, 5.41) is 3.55. The third-order valence-electron chi connectivity index (χ3n) is 4.13. The van der Waals surface area contributed by atoms with Crippen LogP contribution < -0.4 is 5.32 Å². The van der Waals surface area contributed by atoms with Crippen molar-refractivity contribution < 1.29 is 9.53 Å². The van der Waals surface area contributed by atoms with E-state index < -0.39 is 5.60 Å². The maximum Gasteiger partial charge on any atom is 0.410 e. The van der Waals surface area contributed by atoms with Crippen molar-refractivity contribution in [2.75, 3.05) is 19.6 Å². The highest BCUT2D eigenvalue weighted by atomic mass is 16.6. The van der Waals surface area contributed by atoms with E-state index in [1.165, 1.54) is 5.69 Å². The number of H-pyrrole nitrogens is 1. The van der Waals surface area contributed by atoms with Crippen molar-refractivity contribution in [3.8, 4) is 0 Å². The van der Waals surface area contributed by atoms with Gasteiger partial charge in [0, 0.05) is 31.7 Å². The lowest BCUT2D eigenvalue weighted by Gasteiger charge is -2.28. The minimum Gasteiger partial charge on any atom is -0.444 e. The second-order valence-corrected chi connectivity index (χ2v) is 6.92. The predicted molar refractivity (Wildman–Crippen MR) is 78.9 cm³/mol. The number of aromatic nitrogens is 2. The van der Waals surface area contributed by atoms with E-state index in [1.807, 2.05) is 25.7 Å². The van der Waals surface area contributed by atoms with Gasteiger partial charge in [0.25, 0.3) is 0 Å². The van der Waals surface area contributed by atoms with E-state index in [0.717, 1.165) is 38.2 Å². The van der Waals surface area contributed by atoms with Crippen LogP contribution in [0.15, 0.2) is 6.33 Å². The highest BCUT2D eigenvalue weighted by Gasteiger charge is 2.37.